The van der Waals surface area contributed by atoms with Crippen LogP contribution in [0, 0.1) is 6.92 Å². The second-order valence-corrected chi connectivity index (χ2v) is 12.3. The number of aryl methyl sites for hydroxylation is 1. The van der Waals surface area contributed by atoms with E-state index in [9.17, 15) is 18.0 Å². The number of halogens is 1. The maximum atomic E-state index is 14.2. The summed E-state index contributed by atoms with van der Waals surface area (Å²) in [5, 5.41) is 3.22. The van der Waals surface area contributed by atoms with Crippen molar-refractivity contribution >= 4 is 39.1 Å². The molecule has 0 aliphatic carbocycles. The Labute approximate surface area is 254 Å². The Bertz CT molecular complexity index is 1430. The second-order valence-electron chi connectivity index (χ2n) is 10.0. The summed E-state index contributed by atoms with van der Waals surface area (Å²) in [6.07, 6.45) is 2.60. The Kier molecular flexibility index (Phi) is 12.2. The molecule has 0 spiro atoms. The van der Waals surface area contributed by atoms with Crippen molar-refractivity contribution in [2.24, 2.45) is 0 Å². The number of nitrogens with one attached hydrogen (secondary N) is 1. The highest BCUT2D eigenvalue weighted by atomic mass is 35.5. The van der Waals surface area contributed by atoms with Crippen LogP contribution in [-0.4, -0.2) is 57.9 Å². The van der Waals surface area contributed by atoms with Crippen molar-refractivity contribution < 1.29 is 22.7 Å². The summed E-state index contributed by atoms with van der Waals surface area (Å²) < 4.78 is 34.7. The van der Waals surface area contributed by atoms with Crippen LogP contribution in [0.25, 0.3) is 0 Å². The molecule has 0 radical (unpaired) electrons. The van der Waals surface area contributed by atoms with Crippen LogP contribution in [0.1, 0.15) is 44.2 Å². The summed E-state index contributed by atoms with van der Waals surface area (Å²) in [6.45, 7) is 5.91. The number of benzene rings is 3. The Balaban J connectivity index is 2.05. The Morgan fingerprint density at radius 3 is 2.31 bits per heavy atom. The van der Waals surface area contributed by atoms with Gasteiger partial charge in [0.1, 0.15) is 18.3 Å². The van der Waals surface area contributed by atoms with Crippen LogP contribution in [0.15, 0.2) is 77.7 Å². The van der Waals surface area contributed by atoms with Crippen molar-refractivity contribution in [2.45, 2.75) is 57.4 Å². The van der Waals surface area contributed by atoms with Crippen molar-refractivity contribution in [3.05, 3.63) is 88.9 Å². The average molecular weight is 614 g/mol. The van der Waals surface area contributed by atoms with Gasteiger partial charge in [0.15, 0.2) is 0 Å². The van der Waals surface area contributed by atoms with E-state index in [4.69, 9.17) is 16.3 Å². The van der Waals surface area contributed by atoms with Crippen LogP contribution in [0.3, 0.4) is 0 Å². The third-order valence-electron chi connectivity index (χ3n) is 7.00. The number of ether oxygens (including phenoxy) is 1. The molecule has 0 saturated heterocycles. The number of anilines is 1. The number of sulfonamides is 1. The monoisotopic (exact) mass is 613 g/mol. The van der Waals surface area contributed by atoms with E-state index in [1.807, 2.05) is 51.1 Å². The number of nitrogens with zero attached hydrogens (tertiary/aromatic N) is 2. The fraction of sp³-hybridized carbons (Fsp3) is 0.375. The summed E-state index contributed by atoms with van der Waals surface area (Å²) in [4.78, 5) is 29.0. The van der Waals surface area contributed by atoms with Gasteiger partial charge in [-0.2, -0.15) is 0 Å². The molecule has 3 rings (SSSR count). The molecule has 2 amide bonds. The molecule has 1 N–H and O–H groups in total. The lowest BCUT2D eigenvalue weighted by Crippen LogP contribution is -2.53. The molecular weight excluding hydrogens is 574 g/mol. The topological polar surface area (TPSA) is 96.0 Å². The Morgan fingerprint density at radius 2 is 1.69 bits per heavy atom. The van der Waals surface area contributed by atoms with Gasteiger partial charge in [0.25, 0.3) is 10.0 Å². The highest BCUT2D eigenvalue weighted by molar-refractivity contribution is 7.92. The third-order valence-corrected chi connectivity index (χ3v) is 9.01. The van der Waals surface area contributed by atoms with Gasteiger partial charge in [0.2, 0.25) is 11.8 Å². The maximum absolute atomic E-state index is 14.2. The molecule has 226 valence electrons. The van der Waals surface area contributed by atoms with Crippen LogP contribution >= 0.6 is 11.6 Å². The fourth-order valence-corrected chi connectivity index (χ4v) is 6.19. The van der Waals surface area contributed by atoms with Crippen molar-refractivity contribution in [3.63, 3.8) is 0 Å². The Hall–Kier alpha value is -3.56. The lowest BCUT2D eigenvalue weighted by Gasteiger charge is -2.33. The van der Waals surface area contributed by atoms with Gasteiger partial charge in [-0.3, -0.25) is 13.9 Å². The van der Waals surface area contributed by atoms with Crippen LogP contribution in [-0.2, 0) is 26.0 Å². The first kappa shape index (κ1) is 32.9. The summed E-state index contributed by atoms with van der Waals surface area (Å²) in [5.41, 5.74) is 2.02. The van der Waals surface area contributed by atoms with Crippen LogP contribution in [0.4, 0.5) is 5.69 Å². The molecule has 3 aromatic carbocycles. The van der Waals surface area contributed by atoms with Crippen LogP contribution < -0.4 is 14.4 Å². The average Bonchev–Trinajstić information content (AvgIpc) is 2.98. The van der Waals surface area contributed by atoms with E-state index in [2.05, 4.69) is 5.32 Å². The van der Waals surface area contributed by atoms with Gasteiger partial charge in [-0.1, -0.05) is 79.9 Å². The molecule has 0 aliphatic heterocycles. The van der Waals surface area contributed by atoms with E-state index in [0.29, 0.717) is 19.4 Å². The molecule has 42 heavy (non-hydrogen) atoms. The van der Waals surface area contributed by atoms with Crippen LogP contribution in [0.5, 0.6) is 5.75 Å². The number of unbranched alkanes of at least 4 members (excludes halogenated alkanes) is 1. The molecule has 10 heteroatoms. The van der Waals surface area contributed by atoms with E-state index in [0.717, 1.165) is 28.3 Å². The number of amides is 2. The van der Waals surface area contributed by atoms with Gasteiger partial charge in [-0.05, 0) is 62.1 Å². The fourth-order valence-electron chi connectivity index (χ4n) is 4.61. The van der Waals surface area contributed by atoms with E-state index in [-0.39, 0.29) is 33.8 Å². The molecule has 0 bridgehead atoms. The predicted molar refractivity (Wildman–Crippen MR) is 168 cm³/mol. The SMILES string of the molecule is CCCCNC(=O)[C@H](CC)N(CCc1ccccc1)C(=O)CN(c1cc(Cl)ccc1OC)S(=O)(=O)c1ccc(C)cc1. The minimum Gasteiger partial charge on any atom is -0.495 e. The summed E-state index contributed by atoms with van der Waals surface area (Å²) in [6, 6.07) is 19.9. The van der Waals surface area contributed by atoms with Crippen molar-refractivity contribution in [1.29, 1.82) is 0 Å². The number of carbonyl (C=O) groups is 2. The minimum absolute atomic E-state index is 0.0168. The normalized spacial score (nSPS) is 11.9. The number of methoxy groups -OCH3 is 1. The van der Waals surface area contributed by atoms with Gasteiger partial charge in [-0.25, -0.2) is 8.42 Å². The summed E-state index contributed by atoms with van der Waals surface area (Å²) in [5.74, 6) is -0.537. The third kappa shape index (κ3) is 8.49. The van der Waals surface area contributed by atoms with Gasteiger partial charge in [-0.15, -0.1) is 0 Å². The first-order valence-electron chi connectivity index (χ1n) is 14.2. The first-order valence-corrected chi connectivity index (χ1v) is 16.0. The molecule has 8 nitrogen and oxygen atoms in total. The lowest BCUT2D eigenvalue weighted by atomic mass is 10.1. The second kappa shape index (κ2) is 15.6. The van der Waals surface area contributed by atoms with E-state index < -0.39 is 28.5 Å². The predicted octanol–water partition coefficient (Wildman–Crippen LogP) is 5.62. The number of carbonyl (C=O) groups excluding carboxylic acids is 2. The van der Waals surface area contributed by atoms with Gasteiger partial charge in [0.05, 0.1) is 17.7 Å². The van der Waals surface area contributed by atoms with Crippen LogP contribution in [0.2, 0.25) is 5.02 Å². The Morgan fingerprint density at radius 1 is 1.00 bits per heavy atom. The number of hydrogen-bond donors (Lipinski definition) is 1. The molecule has 3 aromatic rings. The molecule has 0 heterocycles. The first-order chi connectivity index (χ1) is 20.1. The zero-order chi connectivity index (χ0) is 30.7. The zero-order valence-electron chi connectivity index (χ0n) is 24.7. The number of rotatable bonds is 15. The van der Waals surface area contributed by atoms with Gasteiger partial charge >= 0.3 is 0 Å². The molecule has 0 unspecified atom stereocenters. The molecular formula is C32H40ClN3O5S. The highest BCUT2D eigenvalue weighted by Gasteiger charge is 2.34. The summed E-state index contributed by atoms with van der Waals surface area (Å²) >= 11 is 6.30. The van der Waals surface area contributed by atoms with E-state index in [1.165, 1.54) is 30.2 Å². The molecule has 0 aromatic heterocycles. The molecule has 0 aliphatic rings. The highest BCUT2D eigenvalue weighted by Crippen LogP contribution is 2.35. The van der Waals surface area contributed by atoms with Gasteiger partial charge < -0.3 is 15.0 Å². The lowest BCUT2D eigenvalue weighted by molar-refractivity contribution is -0.139. The quantitative estimate of drug-likeness (QED) is 0.225. The van der Waals surface area contributed by atoms with Crippen molar-refractivity contribution in [2.75, 3.05) is 31.0 Å². The van der Waals surface area contributed by atoms with Crippen molar-refractivity contribution in [3.8, 4) is 5.75 Å². The zero-order valence-corrected chi connectivity index (χ0v) is 26.2. The van der Waals surface area contributed by atoms with Crippen molar-refractivity contribution in [1.82, 2.24) is 10.2 Å². The molecule has 0 saturated carbocycles. The number of hydrogen-bond acceptors (Lipinski definition) is 5. The molecule has 1 atom stereocenters. The van der Waals surface area contributed by atoms with E-state index >= 15 is 0 Å². The summed E-state index contributed by atoms with van der Waals surface area (Å²) in [7, 11) is -2.82. The minimum atomic E-state index is -4.24. The van der Waals surface area contributed by atoms with Gasteiger partial charge in [0, 0.05) is 18.1 Å². The maximum Gasteiger partial charge on any atom is 0.264 e. The largest absolute Gasteiger partial charge is 0.495 e. The van der Waals surface area contributed by atoms with E-state index in [1.54, 1.807) is 24.3 Å². The smallest absolute Gasteiger partial charge is 0.264 e. The standard InChI is InChI=1S/C32H40ClN3O5S/c1-5-7-20-34-32(38)28(6-2)35(21-19-25-11-9-8-10-12-25)31(37)23-36(29-22-26(33)15-18-30(29)41-4)42(39,40)27-16-13-24(3)14-17-27/h8-18,22,28H,5-7,19-21,23H2,1-4H3,(H,34,38)/t28-/m0/s1. The molecule has 0 fully saturated rings.